The summed E-state index contributed by atoms with van der Waals surface area (Å²) >= 11 is 0. The molecule has 0 unspecified atom stereocenters. The molecule has 0 aliphatic carbocycles. The number of carbonyl (C=O) groups excluding carboxylic acids is 3. The van der Waals surface area contributed by atoms with Gasteiger partial charge in [0, 0.05) is 12.7 Å². The van der Waals surface area contributed by atoms with E-state index in [1.165, 1.54) is 12.2 Å². The Balaban J connectivity index is 2.45. The van der Waals surface area contributed by atoms with Crippen LogP contribution >= 0.6 is 0 Å². The molecule has 0 bridgehead atoms. The number of primary amides is 1. The second-order valence-corrected chi connectivity index (χ2v) is 4.41. The molecule has 3 N–H and O–H groups in total. The van der Waals surface area contributed by atoms with Gasteiger partial charge in [0.15, 0.2) is 0 Å². The molecule has 1 aliphatic heterocycles. The van der Waals surface area contributed by atoms with E-state index in [1.807, 2.05) is 0 Å². The Morgan fingerprint density at radius 2 is 2.25 bits per heavy atom. The van der Waals surface area contributed by atoms with Gasteiger partial charge in [0.1, 0.15) is 6.04 Å². The van der Waals surface area contributed by atoms with E-state index in [-0.39, 0.29) is 24.9 Å². The van der Waals surface area contributed by atoms with Gasteiger partial charge in [0.2, 0.25) is 11.8 Å². The van der Waals surface area contributed by atoms with Crippen LogP contribution in [0.1, 0.15) is 19.8 Å². The third-order valence-corrected chi connectivity index (χ3v) is 2.87. The Morgan fingerprint density at radius 1 is 1.50 bits per heavy atom. The van der Waals surface area contributed by atoms with Gasteiger partial charge in [0.25, 0.3) is 0 Å². The van der Waals surface area contributed by atoms with Gasteiger partial charge < -0.3 is 20.5 Å². The van der Waals surface area contributed by atoms with Gasteiger partial charge in [-0.2, -0.15) is 0 Å². The van der Waals surface area contributed by atoms with Crippen molar-refractivity contribution in [2.45, 2.75) is 25.8 Å². The summed E-state index contributed by atoms with van der Waals surface area (Å²) in [5.74, 6) is -1.64. The second-order valence-electron chi connectivity index (χ2n) is 4.41. The average Bonchev–Trinajstić information content (AvgIpc) is 2.91. The van der Waals surface area contributed by atoms with Crippen LogP contribution in [-0.2, 0) is 23.9 Å². The molecule has 2 atom stereocenters. The minimum Gasteiger partial charge on any atom is -0.463 e. The summed E-state index contributed by atoms with van der Waals surface area (Å²) < 4.78 is 9.81. The van der Waals surface area contributed by atoms with Gasteiger partial charge in [-0.3, -0.25) is 9.59 Å². The Labute approximate surface area is 117 Å². The summed E-state index contributed by atoms with van der Waals surface area (Å²) in [6, 6.07) is -0.839. The standard InChI is InChI=1S/C13H20N2O5/c1-2-20-11(16)5-3-4-10(12(14)17)15-13(18)9-6-7-19-8-9/h3,5,9-10H,2,4,6-8H2,1H3,(H2,14,17)(H,15,18)/b5-3+/t9-,10+/m0/s1. The number of rotatable bonds is 7. The van der Waals surface area contributed by atoms with Crippen molar-refractivity contribution >= 4 is 17.8 Å². The Hall–Kier alpha value is -1.89. The number of ether oxygens (including phenoxy) is 2. The number of esters is 1. The first kappa shape index (κ1) is 16.2. The lowest BCUT2D eigenvalue weighted by molar-refractivity contribution is -0.137. The highest BCUT2D eigenvalue weighted by Gasteiger charge is 2.26. The number of carbonyl (C=O) groups is 3. The zero-order valence-electron chi connectivity index (χ0n) is 11.5. The van der Waals surface area contributed by atoms with Crippen molar-refractivity contribution in [3.05, 3.63) is 12.2 Å². The summed E-state index contributed by atoms with van der Waals surface area (Å²) in [6.45, 7) is 2.88. The van der Waals surface area contributed by atoms with E-state index < -0.39 is 17.9 Å². The van der Waals surface area contributed by atoms with Gasteiger partial charge in [-0.25, -0.2) is 4.79 Å². The maximum Gasteiger partial charge on any atom is 0.330 e. The number of hydrogen-bond donors (Lipinski definition) is 2. The molecular weight excluding hydrogens is 264 g/mol. The van der Waals surface area contributed by atoms with E-state index in [1.54, 1.807) is 6.92 Å². The van der Waals surface area contributed by atoms with Crippen LogP contribution in [0, 0.1) is 5.92 Å². The van der Waals surface area contributed by atoms with Crippen molar-refractivity contribution in [3.63, 3.8) is 0 Å². The maximum atomic E-state index is 11.8. The quantitative estimate of drug-likeness (QED) is 0.484. The molecular formula is C13H20N2O5. The van der Waals surface area contributed by atoms with Gasteiger partial charge in [-0.1, -0.05) is 6.08 Å². The fourth-order valence-corrected chi connectivity index (χ4v) is 1.77. The van der Waals surface area contributed by atoms with Crippen LogP contribution in [0.25, 0.3) is 0 Å². The first-order chi connectivity index (χ1) is 9.54. The number of nitrogens with two attached hydrogens (primary N) is 1. The largest absolute Gasteiger partial charge is 0.463 e. The lowest BCUT2D eigenvalue weighted by Gasteiger charge is -2.16. The summed E-state index contributed by atoms with van der Waals surface area (Å²) in [7, 11) is 0. The van der Waals surface area contributed by atoms with E-state index in [0.717, 1.165) is 0 Å². The Kier molecular flexibility index (Phi) is 6.72. The molecule has 0 spiro atoms. The van der Waals surface area contributed by atoms with E-state index in [9.17, 15) is 14.4 Å². The van der Waals surface area contributed by atoms with Crippen LogP contribution in [0.3, 0.4) is 0 Å². The van der Waals surface area contributed by atoms with Crippen molar-refractivity contribution < 1.29 is 23.9 Å². The fourth-order valence-electron chi connectivity index (χ4n) is 1.77. The van der Waals surface area contributed by atoms with Crippen LogP contribution in [0.4, 0.5) is 0 Å². The minimum absolute atomic E-state index is 0.146. The maximum absolute atomic E-state index is 11.8. The van der Waals surface area contributed by atoms with Gasteiger partial charge in [-0.15, -0.1) is 0 Å². The molecule has 1 saturated heterocycles. The van der Waals surface area contributed by atoms with Crippen LogP contribution in [0.2, 0.25) is 0 Å². The highest BCUT2D eigenvalue weighted by molar-refractivity contribution is 5.88. The molecule has 1 heterocycles. The highest BCUT2D eigenvalue weighted by Crippen LogP contribution is 2.12. The summed E-state index contributed by atoms with van der Waals surface area (Å²) in [6.07, 6.45) is 3.45. The fraction of sp³-hybridized carbons (Fsp3) is 0.615. The lowest BCUT2D eigenvalue weighted by Crippen LogP contribution is -2.46. The monoisotopic (exact) mass is 284 g/mol. The summed E-state index contributed by atoms with van der Waals surface area (Å²) in [5.41, 5.74) is 5.22. The van der Waals surface area contributed by atoms with Gasteiger partial charge >= 0.3 is 5.97 Å². The lowest BCUT2D eigenvalue weighted by atomic mass is 10.1. The molecule has 0 radical (unpaired) electrons. The first-order valence-corrected chi connectivity index (χ1v) is 6.55. The normalized spacial score (nSPS) is 19.8. The molecule has 112 valence electrons. The molecule has 0 aromatic rings. The topological polar surface area (TPSA) is 108 Å². The molecule has 1 fully saturated rings. The minimum atomic E-state index is -0.839. The molecule has 2 amide bonds. The SMILES string of the molecule is CCOC(=O)/C=C/C[C@@H](NC(=O)[C@H]1CCOC1)C(N)=O. The zero-order valence-corrected chi connectivity index (χ0v) is 11.5. The van der Waals surface area contributed by atoms with Crippen LogP contribution in [-0.4, -0.2) is 43.6 Å². The van der Waals surface area contributed by atoms with Gasteiger partial charge in [0.05, 0.1) is 19.1 Å². The predicted molar refractivity (Wildman–Crippen MR) is 70.4 cm³/mol. The smallest absolute Gasteiger partial charge is 0.330 e. The molecule has 1 rings (SSSR count). The molecule has 20 heavy (non-hydrogen) atoms. The van der Waals surface area contributed by atoms with Crippen molar-refractivity contribution in [3.8, 4) is 0 Å². The number of amides is 2. The van der Waals surface area contributed by atoms with E-state index in [0.29, 0.717) is 19.6 Å². The first-order valence-electron chi connectivity index (χ1n) is 6.55. The van der Waals surface area contributed by atoms with Gasteiger partial charge in [-0.05, 0) is 19.8 Å². The van der Waals surface area contributed by atoms with Crippen molar-refractivity contribution in [2.24, 2.45) is 11.7 Å². The average molecular weight is 284 g/mol. The van der Waals surface area contributed by atoms with E-state index >= 15 is 0 Å². The van der Waals surface area contributed by atoms with Crippen LogP contribution < -0.4 is 11.1 Å². The summed E-state index contributed by atoms with van der Waals surface area (Å²) in [5, 5.41) is 2.57. The molecule has 0 saturated carbocycles. The summed E-state index contributed by atoms with van der Waals surface area (Å²) in [4.78, 5) is 34.2. The molecule has 0 aromatic heterocycles. The predicted octanol–water partition coefficient (Wildman–Crippen LogP) is -0.498. The third kappa shape index (κ3) is 5.40. The third-order valence-electron chi connectivity index (χ3n) is 2.87. The Morgan fingerprint density at radius 3 is 2.80 bits per heavy atom. The molecule has 7 heteroatoms. The van der Waals surface area contributed by atoms with Crippen LogP contribution in [0.15, 0.2) is 12.2 Å². The number of nitrogens with one attached hydrogen (secondary N) is 1. The second kappa shape index (κ2) is 8.31. The molecule has 0 aromatic carbocycles. The molecule has 7 nitrogen and oxygen atoms in total. The Bertz CT molecular complexity index is 388. The molecule has 1 aliphatic rings. The van der Waals surface area contributed by atoms with Crippen molar-refractivity contribution in [1.29, 1.82) is 0 Å². The number of hydrogen-bond acceptors (Lipinski definition) is 5. The van der Waals surface area contributed by atoms with Crippen molar-refractivity contribution in [2.75, 3.05) is 19.8 Å². The van der Waals surface area contributed by atoms with Crippen LogP contribution in [0.5, 0.6) is 0 Å². The zero-order chi connectivity index (χ0) is 15.0. The highest BCUT2D eigenvalue weighted by atomic mass is 16.5. The van der Waals surface area contributed by atoms with Crippen molar-refractivity contribution in [1.82, 2.24) is 5.32 Å². The van der Waals surface area contributed by atoms with E-state index in [4.69, 9.17) is 15.2 Å². The van der Waals surface area contributed by atoms with E-state index in [2.05, 4.69) is 5.32 Å².